The van der Waals surface area contributed by atoms with Crippen LogP contribution < -0.4 is 11.1 Å². The van der Waals surface area contributed by atoms with Crippen LogP contribution in [0, 0.1) is 23.2 Å². The van der Waals surface area contributed by atoms with Gasteiger partial charge >= 0.3 is 0 Å². The zero-order chi connectivity index (χ0) is 16.8. The lowest BCUT2D eigenvalue weighted by Gasteiger charge is -2.23. The quantitative estimate of drug-likeness (QED) is 0.656. The van der Waals surface area contributed by atoms with Gasteiger partial charge in [-0.05, 0) is 31.6 Å². The second kappa shape index (κ2) is 8.30. The van der Waals surface area contributed by atoms with Crippen LogP contribution in [0.15, 0.2) is 0 Å². The van der Waals surface area contributed by atoms with E-state index < -0.39 is 6.04 Å². The largest absolute Gasteiger partial charge is 0.356 e. The first kappa shape index (κ1) is 17.7. The Labute approximate surface area is 138 Å². The molecule has 0 radical (unpaired) electrons. The molecule has 0 aromatic rings. The van der Waals surface area contributed by atoms with Gasteiger partial charge in [0.25, 0.3) is 0 Å². The number of carbonyl (C=O) groups excluding carboxylic acids is 2. The Kier molecular flexibility index (Phi) is 6.40. The Hall–Kier alpha value is -1.61. The number of nitrogens with one attached hydrogen (secondary N) is 1. The molecule has 3 N–H and O–H groups in total. The van der Waals surface area contributed by atoms with Crippen molar-refractivity contribution < 1.29 is 9.59 Å². The van der Waals surface area contributed by atoms with Crippen LogP contribution >= 0.6 is 0 Å². The van der Waals surface area contributed by atoms with Gasteiger partial charge in [0, 0.05) is 19.0 Å². The average molecular weight is 320 g/mol. The van der Waals surface area contributed by atoms with Crippen LogP contribution in [0.5, 0.6) is 0 Å². The van der Waals surface area contributed by atoms with E-state index in [0.717, 1.165) is 25.7 Å². The Bertz CT molecular complexity index is 474. The fourth-order valence-corrected chi connectivity index (χ4v) is 3.35. The van der Waals surface area contributed by atoms with E-state index in [9.17, 15) is 9.59 Å². The lowest BCUT2D eigenvalue weighted by Crippen LogP contribution is -2.47. The highest BCUT2D eigenvalue weighted by Gasteiger charge is 2.50. The first-order chi connectivity index (χ1) is 11.1. The van der Waals surface area contributed by atoms with E-state index >= 15 is 0 Å². The minimum Gasteiger partial charge on any atom is -0.356 e. The van der Waals surface area contributed by atoms with Gasteiger partial charge in [-0.15, -0.1) is 0 Å². The van der Waals surface area contributed by atoms with Crippen molar-refractivity contribution in [3.8, 4) is 6.07 Å². The van der Waals surface area contributed by atoms with Crippen LogP contribution in [-0.2, 0) is 9.59 Å². The average Bonchev–Trinajstić information content (AvgIpc) is 3.22. The summed E-state index contributed by atoms with van der Waals surface area (Å²) in [6.45, 7) is 3.46. The number of hydrogen-bond acceptors (Lipinski definition) is 4. The SMILES string of the molecule is CCCCCCNC(=O)[C@H]1C[C@@H]1[C@H](N)C(=O)N1CCCC1C#N. The minimum absolute atomic E-state index is 0.0213. The molecular formula is C17H28N4O2. The van der Waals surface area contributed by atoms with E-state index in [4.69, 9.17) is 11.0 Å². The maximum Gasteiger partial charge on any atom is 0.240 e. The molecule has 1 saturated heterocycles. The third kappa shape index (κ3) is 4.44. The number of nitriles is 1. The van der Waals surface area contributed by atoms with E-state index in [2.05, 4.69) is 18.3 Å². The van der Waals surface area contributed by atoms with Gasteiger partial charge in [0.1, 0.15) is 6.04 Å². The van der Waals surface area contributed by atoms with E-state index in [0.29, 0.717) is 19.5 Å². The molecule has 0 aromatic carbocycles. The van der Waals surface area contributed by atoms with Crippen LogP contribution in [0.25, 0.3) is 0 Å². The number of likely N-dealkylation sites (tertiary alicyclic amines) is 1. The number of hydrogen-bond donors (Lipinski definition) is 2. The molecule has 2 rings (SSSR count). The maximum absolute atomic E-state index is 12.4. The zero-order valence-corrected chi connectivity index (χ0v) is 14.0. The summed E-state index contributed by atoms with van der Waals surface area (Å²) < 4.78 is 0. The summed E-state index contributed by atoms with van der Waals surface area (Å²) in [7, 11) is 0. The van der Waals surface area contributed by atoms with Gasteiger partial charge in [0.2, 0.25) is 11.8 Å². The third-order valence-corrected chi connectivity index (χ3v) is 4.94. The van der Waals surface area contributed by atoms with Gasteiger partial charge in [-0.2, -0.15) is 5.26 Å². The predicted octanol–water partition coefficient (Wildman–Crippen LogP) is 1.16. The number of rotatable bonds is 8. The number of amides is 2. The van der Waals surface area contributed by atoms with Crippen LogP contribution in [-0.4, -0.2) is 41.9 Å². The Morgan fingerprint density at radius 2 is 2.17 bits per heavy atom. The van der Waals surface area contributed by atoms with E-state index in [1.165, 1.54) is 12.8 Å². The van der Waals surface area contributed by atoms with Crippen molar-refractivity contribution in [2.45, 2.75) is 64.0 Å². The van der Waals surface area contributed by atoms with E-state index in [-0.39, 0.29) is 29.7 Å². The van der Waals surface area contributed by atoms with Gasteiger partial charge in [-0.1, -0.05) is 26.2 Å². The summed E-state index contributed by atoms with van der Waals surface area (Å²) in [5.41, 5.74) is 6.06. The second-order valence-corrected chi connectivity index (χ2v) is 6.70. The van der Waals surface area contributed by atoms with Gasteiger partial charge in [0.15, 0.2) is 0 Å². The molecule has 0 spiro atoms. The Balaban J connectivity index is 1.73. The van der Waals surface area contributed by atoms with Gasteiger partial charge in [-0.25, -0.2) is 0 Å². The molecule has 1 saturated carbocycles. The molecule has 6 nitrogen and oxygen atoms in total. The highest BCUT2D eigenvalue weighted by Crippen LogP contribution is 2.41. The molecule has 128 valence electrons. The molecule has 0 aromatic heterocycles. The number of nitrogens with two attached hydrogens (primary N) is 1. The Morgan fingerprint density at radius 3 is 2.87 bits per heavy atom. The molecule has 1 unspecified atom stereocenters. The summed E-state index contributed by atoms with van der Waals surface area (Å²) in [5, 5.41) is 12.0. The number of carbonyl (C=O) groups is 2. The first-order valence-electron chi connectivity index (χ1n) is 8.83. The van der Waals surface area contributed by atoms with Crippen molar-refractivity contribution in [3.05, 3.63) is 0 Å². The van der Waals surface area contributed by atoms with Crippen LogP contribution in [0.1, 0.15) is 51.9 Å². The highest BCUT2D eigenvalue weighted by molar-refractivity contribution is 5.87. The molecule has 23 heavy (non-hydrogen) atoms. The number of unbranched alkanes of at least 4 members (excludes halogenated alkanes) is 3. The topological polar surface area (TPSA) is 99.2 Å². The van der Waals surface area contributed by atoms with Crippen molar-refractivity contribution in [3.63, 3.8) is 0 Å². The molecule has 2 amide bonds. The highest BCUT2D eigenvalue weighted by atomic mass is 16.2. The standard InChI is InChI=1S/C17H28N4O2/c1-2-3-4-5-8-20-16(22)14-10-13(14)15(19)17(23)21-9-6-7-12(21)11-18/h12-15H,2-10,19H2,1H3,(H,20,22)/t12?,13-,14-,15-/m0/s1. The van der Waals surface area contributed by atoms with Gasteiger partial charge in [0.05, 0.1) is 12.1 Å². The monoisotopic (exact) mass is 320 g/mol. The third-order valence-electron chi connectivity index (χ3n) is 4.94. The minimum atomic E-state index is -0.653. The summed E-state index contributed by atoms with van der Waals surface area (Å²) >= 11 is 0. The van der Waals surface area contributed by atoms with Gasteiger partial charge < -0.3 is 16.0 Å². The van der Waals surface area contributed by atoms with Crippen molar-refractivity contribution in [1.82, 2.24) is 10.2 Å². The fraction of sp³-hybridized carbons (Fsp3) is 0.824. The molecule has 2 aliphatic rings. The lowest BCUT2D eigenvalue weighted by atomic mass is 10.1. The Morgan fingerprint density at radius 1 is 1.39 bits per heavy atom. The predicted molar refractivity (Wildman–Crippen MR) is 87.1 cm³/mol. The summed E-state index contributed by atoms with van der Waals surface area (Å²) in [6, 6.07) is 1.16. The molecule has 1 aliphatic heterocycles. The molecule has 0 bridgehead atoms. The van der Waals surface area contributed by atoms with Crippen molar-refractivity contribution in [2.24, 2.45) is 17.6 Å². The maximum atomic E-state index is 12.4. The van der Waals surface area contributed by atoms with Crippen molar-refractivity contribution in [2.75, 3.05) is 13.1 Å². The molecular weight excluding hydrogens is 292 g/mol. The first-order valence-corrected chi connectivity index (χ1v) is 8.83. The summed E-state index contributed by atoms with van der Waals surface area (Å²) in [4.78, 5) is 26.1. The van der Waals surface area contributed by atoms with Crippen molar-refractivity contribution in [1.29, 1.82) is 5.26 Å². The number of nitrogens with zero attached hydrogens (tertiary/aromatic N) is 2. The molecule has 6 heteroatoms. The summed E-state index contributed by atoms with van der Waals surface area (Å²) in [5.74, 6) is -0.355. The summed E-state index contributed by atoms with van der Waals surface area (Å²) in [6.07, 6.45) is 6.75. The smallest absolute Gasteiger partial charge is 0.240 e. The van der Waals surface area contributed by atoms with E-state index in [1.54, 1.807) is 4.90 Å². The molecule has 2 fully saturated rings. The zero-order valence-electron chi connectivity index (χ0n) is 14.0. The van der Waals surface area contributed by atoms with Crippen LogP contribution in [0.3, 0.4) is 0 Å². The molecule has 1 heterocycles. The lowest BCUT2D eigenvalue weighted by molar-refractivity contribution is -0.133. The van der Waals surface area contributed by atoms with Crippen LogP contribution in [0.4, 0.5) is 0 Å². The second-order valence-electron chi connectivity index (χ2n) is 6.70. The van der Waals surface area contributed by atoms with Crippen molar-refractivity contribution >= 4 is 11.8 Å². The molecule has 1 aliphatic carbocycles. The molecule has 4 atom stereocenters. The normalized spacial score (nSPS) is 27.3. The van der Waals surface area contributed by atoms with Gasteiger partial charge in [-0.3, -0.25) is 9.59 Å². The van der Waals surface area contributed by atoms with Crippen LogP contribution in [0.2, 0.25) is 0 Å². The van der Waals surface area contributed by atoms with E-state index in [1.807, 2.05) is 0 Å². The fourth-order valence-electron chi connectivity index (χ4n) is 3.35.